The molecule has 0 aliphatic rings. The Bertz CT molecular complexity index is 478. The van der Waals surface area contributed by atoms with Gasteiger partial charge in [-0.05, 0) is 22.0 Å². The number of amides is 1. The van der Waals surface area contributed by atoms with Gasteiger partial charge in [-0.1, -0.05) is 0 Å². The number of rotatable bonds is 4. The van der Waals surface area contributed by atoms with Crippen molar-refractivity contribution in [1.29, 1.82) is 0 Å². The zero-order valence-electron chi connectivity index (χ0n) is 9.24. The van der Waals surface area contributed by atoms with Crippen LogP contribution in [-0.2, 0) is 4.79 Å². The monoisotopic (exact) mass is 346 g/mol. The van der Waals surface area contributed by atoms with Gasteiger partial charge in [0.1, 0.15) is 18.2 Å². The summed E-state index contributed by atoms with van der Waals surface area (Å²) < 4.78 is 61.5. The van der Waals surface area contributed by atoms with E-state index >= 15 is 0 Å². The summed E-state index contributed by atoms with van der Waals surface area (Å²) in [5, 5.41) is 3.87. The van der Waals surface area contributed by atoms with E-state index in [1.54, 1.807) is 5.32 Å². The van der Waals surface area contributed by atoms with Gasteiger partial charge in [-0.3, -0.25) is 4.79 Å². The molecule has 0 aliphatic heterocycles. The van der Waals surface area contributed by atoms with E-state index in [1.807, 2.05) is 0 Å². The molecule has 0 saturated heterocycles. The van der Waals surface area contributed by atoms with Crippen LogP contribution in [-0.4, -0.2) is 25.2 Å². The molecule has 0 radical (unpaired) electrons. The van der Waals surface area contributed by atoms with Crippen molar-refractivity contribution in [2.24, 2.45) is 0 Å². The summed E-state index contributed by atoms with van der Waals surface area (Å²) in [5.74, 6) is -2.74. The van der Waals surface area contributed by atoms with Crippen LogP contribution in [0, 0.1) is 11.6 Å². The third-order valence-electron chi connectivity index (χ3n) is 1.94. The highest BCUT2D eigenvalue weighted by molar-refractivity contribution is 9.10. The highest BCUT2D eigenvalue weighted by Crippen LogP contribution is 2.23. The molecule has 0 spiro atoms. The number of nitrogens with one attached hydrogen (secondary N) is 2. The molecule has 0 heterocycles. The molecular formula is C10H8BrF5N2O. The minimum Gasteiger partial charge on any atom is -0.374 e. The zero-order chi connectivity index (χ0) is 14.6. The zero-order valence-corrected chi connectivity index (χ0v) is 10.8. The molecule has 9 heteroatoms. The van der Waals surface area contributed by atoms with Gasteiger partial charge in [0.05, 0.1) is 16.7 Å². The first-order valence-corrected chi connectivity index (χ1v) is 5.70. The second kappa shape index (κ2) is 6.18. The fraction of sp³-hybridized carbons (Fsp3) is 0.300. The van der Waals surface area contributed by atoms with Crippen LogP contribution < -0.4 is 10.6 Å². The van der Waals surface area contributed by atoms with Crippen LogP contribution in [0.25, 0.3) is 0 Å². The van der Waals surface area contributed by atoms with Crippen molar-refractivity contribution in [2.45, 2.75) is 6.18 Å². The predicted octanol–water partition coefficient (Wildman–Crippen LogP) is 2.82. The Hall–Kier alpha value is -1.38. The van der Waals surface area contributed by atoms with Crippen LogP contribution in [0.15, 0.2) is 16.6 Å². The van der Waals surface area contributed by atoms with Crippen molar-refractivity contribution in [3.63, 3.8) is 0 Å². The van der Waals surface area contributed by atoms with E-state index in [0.29, 0.717) is 6.07 Å². The molecule has 0 bridgehead atoms. The second-order valence-electron chi connectivity index (χ2n) is 3.49. The molecule has 3 nitrogen and oxygen atoms in total. The molecule has 19 heavy (non-hydrogen) atoms. The maximum Gasteiger partial charge on any atom is 0.405 e. The Morgan fingerprint density at radius 3 is 2.42 bits per heavy atom. The number of halogens is 6. The molecule has 0 aromatic heterocycles. The fourth-order valence-corrected chi connectivity index (χ4v) is 1.44. The Morgan fingerprint density at radius 2 is 1.84 bits per heavy atom. The van der Waals surface area contributed by atoms with Gasteiger partial charge in [0.25, 0.3) is 0 Å². The van der Waals surface area contributed by atoms with Crippen LogP contribution in [0.5, 0.6) is 0 Å². The first kappa shape index (κ1) is 15.7. The van der Waals surface area contributed by atoms with E-state index in [-0.39, 0.29) is 10.2 Å². The molecule has 0 unspecified atom stereocenters. The van der Waals surface area contributed by atoms with Crippen molar-refractivity contribution < 1.29 is 26.7 Å². The molecule has 1 aromatic rings. The lowest BCUT2D eigenvalue weighted by atomic mass is 10.3. The first-order valence-electron chi connectivity index (χ1n) is 4.91. The largest absolute Gasteiger partial charge is 0.405 e. The lowest BCUT2D eigenvalue weighted by Crippen LogP contribution is -2.37. The number of hydrogen-bond donors (Lipinski definition) is 2. The highest BCUT2D eigenvalue weighted by Gasteiger charge is 2.27. The highest BCUT2D eigenvalue weighted by atomic mass is 79.9. The summed E-state index contributed by atoms with van der Waals surface area (Å²) in [7, 11) is 0. The number of anilines is 1. The molecule has 1 aromatic carbocycles. The predicted molar refractivity (Wildman–Crippen MR) is 61.6 cm³/mol. The number of carbonyl (C=O) groups excluding carboxylic acids is 1. The van der Waals surface area contributed by atoms with E-state index in [1.165, 1.54) is 0 Å². The summed E-state index contributed by atoms with van der Waals surface area (Å²) in [6.07, 6.45) is -4.51. The SMILES string of the molecule is O=C(CNc1cc(Br)c(F)cc1F)NCC(F)(F)F. The van der Waals surface area contributed by atoms with Gasteiger partial charge in [-0.25, -0.2) is 8.78 Å². The molecule has 0 fully saturated rings. The maximum atomic E-state index is 13.2. The molecule has 0 saturated carbocycles. The van der Waals surface area contributed by atoms with Gasteiger partial charge in [0, 0.05) is 6.07 Å². The normalized spacial score (nSPS) is 11.3. The summed E-state index contributed by atoms with van der Waals surface area (Å²) in [6.45, 7) is -2.03. The van der Waals surface area contributed by atoms with Gasteiger partial charge in [-0.15, -0.1) is 0 Å². The summed E-state index contributed by atoms with van der Waals surface area (Å²) in [5.41, 5.74) is -0.199. The quantitative estimate of drug-likeness (QED) is 0.650. The van der Waals surface area contributed by atoms with Gasteiger partial charge in [0.2, 0.25) is 5.91 Å². The molecule has 106 valence electrons. The Kier molecular flexibility index (Phi) is 5.10. The van der Waals surface area contributed by atoms with Crippen molar-refractivity contribution in [1.82, 2.24) is 5.32 Å². The van der Waals surface area contributed by atoms with E-state index in [0.717, 1.165) is 6.07 Å². The van der Waals surface area contributed by atoms with Crippen LogP contribution in [0.2, 0.25) is 0 Å². The average molecular weight is 347 g/mol. The van der Waals surface area contributed by atoms with Crippen LogP contribution in [0.3, 0.4) is 0 Å². The van der Waals surface area contributed by atoms with E-state index in [9.17, 15) is 26.7 Å². The summed E-state index contributed by atoms with van der Waals surface area (Å²) in [4.78, 5) is 11.0. The summed E-state index contributed by atoms with van der Waals surface area (Å²) >= 11 is 2.81. The third kappa shape index (κ3) is 5.41. The van der Waals surface area contributed by atoms with Crippen molar-refractivity contribution >= 4 is 27.5 Å². The lowest BCUT2D eigenvalue weighted by molar-refractivity contribution is -0.137. The van der Waals surface area contributed by atoms with E-state index in [4.69, 9.17) is 0 Å². The lowest BCUT2D eigenvalue weighted by Gasteiger charge is -2.10. The Balaban J connectivity index is 2.53. The van der Waals surface area contributed by atoms with Crippen molar-refractivity contribution in [2.75, 3.05) is 18.4 Å². The Labute approximate surface area is 113 Å². The summed E-state index contributed by atoms with van der Waals surface area (Å²) in [6, 6.07) is 1.63. The van der Waals surface area contributed by atoms with Gasteiger partial charge in [0.15, 0.2) is 0 Å². The number of hydrogen-bond acceptors (Lipinski definition) is 2. The van der Waals surface area contributed by atoms with Gasteiger partial charge in [-0.2, -0.15) is 13.2 Å². The maximum absolute atomic E-state index is 13.2. The average Bonchev–Trinajstić information content (AvgIpc) is 2.28. The third-order valence-corrected chi connectivity index (χ3v) is 2.54. The standard InChI is InChI=1S/C10H8BrF5N2O/c11-5-1-8(7(13)2-6(5)12)17-3-9(19)18-4-10(14,15)16/h1-2,17H,3-4H2,(H,18,19). The minimum absolute atomic E-state index is 0.0351. The van der Waals surface area contributed by atoms with Crippen LogP contribution in [0.4, 0.5) is 27.6 Å². The number of carbonyl (C=O) groups is 1. The van der Waals surface area contributed by atoms with Crippen LogP contribution >= 0.6 is 15.9 Å². The topological polar surface area (TPSA) is 41.1 Å². The molecule has 0 atom stereocenters. The minimum atomic E-state index is -4.51. The fourth-order valence-electron chi connectivity index (χ4n) is 1.09. The van der Waals surface area contributed by atoms with Gasteiger partial charge < -0.3 is 10.6 Å². The number of benzene rings is 1. The van der Waals surface area contributed by atoms with Gasteiger partial charge >= 0.3 is 6.18 Å². The molecule has 0 aliphatic carbocycles. The first-order chi connectivity index (χ1) is 8.69. The van der Waals surface area contributed by atoms with Crippen molar-refractivity contribution in [3.8, 4) is 0 Å². The second-order valence-corrected chi connectivity index (χ2v) is 4.35. The van der Waals surface area contributed by atoms with Crippen LogP contribution in [0.1, 0.15) is 0 Å². The van der Waals surface area contributed by atoms with Crippen molar-refractivity contribution in [3.05, 3.63) is 28.2 Å². The van der Waals surface area contributed by atoms with E-state index < -0.39 is 36.8 Å². The smallest absolute Gasteiger partial charge is 0.374 e. The molecular weight excluding hydrogens is 339 g/mol. The molecule has 1 rings (SSSR count). The molecule has 1 amide bonds. The van der Waals surface area contributed by atoms with E-state index in [2.05, 4.69) is 21.2 Å². The number of alkyl halides is 3. The Morgan fingerprint density at radius 1 is 1.21 bits per heavy atom. The molecule has 2 N–H and O–H groups in total.